The van der Waals surface area contributed by atoms with Crippen molar-refractivity contribution in [3.05, 3.63) is 95.3 Å². The van der Waals surface area contributed by atoms with Crippen molar-refractivity contribution in [2.45, 2.75) is 17.9 Å². The molecule has 0 aliphatic carbocycles. The molecule has 0 bridgehead atoms. The van der Waals surface area contributed by atoms with Crippen LogP contribution < -0.4 is 9.62 Å². The van der Waals surface area contributed by atoms with Crippen LogP contribution in [0.4, 0.5) is 10.1 Å². The largest absolute Gasteiger partial charge is 0.478 e. The lowest BCUT2D eigenvalue weighted by molar-refractivity contribution is 0.0697. The average molecular weight is 456 g/mol. The molecule has 0 aliphatic rings. The highest BCUT2D eigenvalue weighted by atomic mass is 32.2. The Balaban J connectivity index is 1.94. The van der Waals surface area contributed by atoms with Crippen molar-refractivity contribution >= 4 is 27.6 Å². The molecule has 0 spiro atoms. The van der Waals surface area contributed by atoms with Gasteiger partial charge in [-0.15, -0.1) is 0 Å². The van der Waals surface area contributed by atoms with E-state index in [2.05, 4.69) is 5.32 Å². The molecule has 0 unspecified atom stereocenters. The molecule has 1 atom stereocenters. The number of carbonyl (C=O) groups is 2. The number of anilines is 1. The van der Waals surface area contributed by atoms with Gasteiger partial charge in [-0.25, -0.2) is 17.6 Å². The number of nitrogens with zero attached hydrogens (tertiary/aromatic N) is 1. The van der Waals surface area contributed by atoms with Crippen LogP contribution >= 0.6 is 0 Å². The molecule has 2 N–H and O–H groups in total. The molecule has 3 aromatic rings. The average Bonchev–Trinajstić information content (AvgIpc) is 2.79. The Labute approximate surface area is 185 Å². The third-order valence-corrected chi connectivity index (χ3v) is 6.71. The molecule has 3 aromatic carbocycles. The van der Waals surface area contributed by atoms with Gasteiger partial charge < -0.3 is 10.4 Å². The van der Waals surface area contributed by atoms with E-state index in [4.69, 9.17) is 0 Å². The molecular formula is C23H21FN2O5S. The third-order valence-electron chi connectivity index (χ3n) is 4.91. The highest BCUT2D eigenvalue weighted by Crippen LogP contribution is 2.25. The normalized spacial score (nSPS) is 12.1. The number of carboxylic acid groups (broad SMARTS) is 1. The van der Waals surface area contributed by atoms with E-state index in [9.17, 15) is 27.5 Å². The van der Waals surface area contributed by atoms with Crippen molar-refractivity contribution in [3.8, 4) is 0 Å². The maximum Gasteiger partial charge on any atom is 0.335 e. The van der Waals surface area contributed by atoms with E-state index in [0.29, 0.717) is 5.56 Å². The first-order valence-corrected chi connectivity index (χ1v) is 11.0. The van der Waals surface area contributed by atoms with Gasteiger partial charge in [-0.3, -0.25) is 9.10 Å². The van der Waals surface area contributed by atoms with Gasteiger partial charge in [0.05, 0.1) is 22.2 Å². The van der Waals surface area contributed by atoms with Crippen molar-refractivity contribution in [3.63, 3.8) is 0 Å². The molecule has 0 aromatic heterocycles. The Morgan fingerprint density at radius 3 is 2.16 bits per heavy atom. The first-order valence-electron chi connectivity index (χ1n) is 9.58. The van der Waals surface area contributed by atoms with E-state index >= 15 is 0 Å². The van der Waals surface area contributed by atoms with Crippen molar-refractivity contribution in [2.24, 2.45) is 0 Å². The van der Waals surface area contributed by atoms with Gasteiger partial charge in [-0.05, 0) is 55.0 Å². The Morgan fingerprint density at radius 1 is 0.969 bits per heavy atom. The summed E-state index contributed by atoms with van der Waals surface area (Å²) in [6.07, 6.45) is 0. The van der Waals surface area contributed by atoms with Crippen molar-refractivity contribution in [1.29, 1.82) is 0 Å². The standard InChI is InChI=1S/C23H21FN2O5S/c1-15(16-8-10-19(24)11-9-16)25-22(27)17-12-18(23(28)29)14-20(13-17)26(2)32(30,31)21-6-4-3-5-7-21/h3-15H,1-2H3,(H,25,27)(H,28,29)/t15-/m1/s1. The number of aromatic carboxylic acids is 1. The lowest BCUT2D eigenvalue weighted by Crippen LogP contribution is -2.29. The smallest absolute Gasteiger partial charge is 0.335 e. The van der Waals surface area contributed by atoms with E-state index in [-0.39, 0.29) is 21.7 Å². The van der Waals surface area contributed by atoms with Crippen LogP contribution in [0, 0.1) is 5.82 Å². The quantitative estimate of drug-likeness (QED) is 0.562. The third kappa shape index (κ3) is 4.94. The molecule has 0 fully saturated rings. The molecule has 0 aliphatic heterocycles. The number of rotatable bonds is 7. The highest BCUT2D eigenvalue weighted by molar-refractivity contribution is 7.92. The lowest BCUT2D eigenvalue weighted by atomic mass is 10.1. The fourth-order valence-electron chi connectivity index (χ4n) is 3.05. The van der Waals surface area contributed by atoms with Crippen LogP contribution in [0.5, 0.6) is 0 Å². The Morgan fingerprint density at radius 2 is 1.56 bits per heavy atom. The van der Waals surface area contributed by atoms with Gasteiger partial charge in [0.15, 0.2) is 0 Å². The number of carboxylic acids is 1. The van der Waals surface area contributed by atoms with Gasteiger partial charge in [0.25, 0.3) is 15.9 Å². The van der Waals surface area contributed by atoms with Crippen molar-refractivity contribution in [1.82, 2.24) is 5.32 Å². The van der Waals surface area contributed by atoms with Gasteiger partial charge in [0.1, 0.15) is 5.82 Å². The zero-order valence-electron chi connectivity index (χ0n) is 17.3. The molecule has 9 heteroatoms. The van der Waals surface area contributed by atoms with Crippen LogP contribution in [-0.2, 0) is 10.0 Å². The summed E-state index contributed by atoms with van der Waals surface area (Å²) in [4.78, 5) is 24.5. The van der Waals surface area contributed by atoms with Gasteiger partial charge in [-0.2, -0.15) is 0 Å². The fraction of sp³-hybridized carbons (Fsp3) is 0.130. The zero-order chi connectivity index (χ0) is 23.5. The SMILES string of the molecule is C[C@@H](NC(=O)c1cc(C(=O)O)cc(N(C)S(=O)(=O)c2ccccc2)c1)c1ccc(F)cc1. The first kappa shape index (κ1) is 23.0. The minimum atomic E-state index is -3.97. The molecule has 0 saturated carbocycles. The summed E-state index contributed by atoms with van der Waals surface area (Å²) < 4.78 is 39.9. The monoisotopic (exact) mass is 456 g/mol. The van der Waals surface area contributed by atoms with Gasteiger partial charge in [0.2, 0.25) is 0 Å². The second-order valence-electron chi connectivity index (χ2n) is 7.11. The molecule has 0 saturated heterocycles. The lowest BCUT2D eigenvalue weighted by Gasteiger charge is -2.21. The summed E-state index contributed by atoms with van der Waals surface area (Å²) >= 11 is 0. The van der Waals surface area contributed by atoms with Crippen molar-refractivity contribution < 1.29 is 27.5 Å². The predicted molar refractivity (Wildman–Crippen MR) is 118 cm³/mol. The van der Waals surface area contributed by atoms with Gasteiger partial charge in [0, 0.05) is 12.6 Å². The minimum Gasteiger partial charge on any atom is -0.478 e. The van der Waals surface area contributed by atoms with Crippen LogP contribution in [-0.4, -0.2) is 32.4 Å². The molecule has 3 rings (SSSR count). The summed E-state index contributed by atoms with van der Waals surface area (Å²) in [7, 11) is -2.69. The molecular weight excluding hydrogens is 435 g/mol. The van der Waals surface area contributed by atoms with Crippen molar-refractivity contribution in [2.75, 3.05) is 11.4 Å². The molecule has 0 radical (unpaired) electrons. The zero-order valence-corrected chi connectivity index (χ0v) is 18.1. The minimum absolute atomic E-state index is 0.0216. The number of nitrogens with one attached hydrogen (secondary N) is 1. The van der Waals surface area contributed by atoms with E-state index in [1.807, 2.05) is 0 Å². The van der Waals surface area contributed by atoms with E-state index < -0.39 is 33.8 Å². The molecule has 166 valence electrons. The maximum absolute atomic E-state index is 13.1. The van der Waals surface area contributed by atoms with Gasteiger partial charge in [-0.1, -0.05) is 30.3 Å². The van der Waals surface area contributed by atoms with Crippen LogP contribution in [0.1, 0.15) is 39.2 Å². The Bertz CT molecular complexity index is 1250. The van der Waals surface area contributed by atoms with Crippen LogP contribution in [0.15, 0.2) is 77.7 Å². The van der Waals surface area contributed by atoms with Crippen LogP contribution in [0.3, 0.4) is 0 Å². The van der Waals surface area contributed by atoms with Crippen LogP contribution in [0.25, 0.3) is 0 Å². The molecule has 32 heavy (non-hydrogen) atoms. The first-order chi connectivity index (χ1) is 15.1. The van der Waals surface area contributed by atoms with E-state index in [0.717, 1.165) is 4.31 Å². The van der Waals surface area contributed by atoms with Gasteiger partial charge >= 0.3 is 5.97 Å². The fourth-order valence-corrected chi connectivity index (χ4v) is 4.25. The number of hydrogen-bond acceptors (Lipinski definition) is 4. The number of hydrogen-bond donors (Lipinski definition) is 2. The summed E-state index contributed by atoms with van der Waals surface area (Å²) in [6, 6.07) is 16.4. The number of benzene rings is 3. The number of amides is 1. The molecule has 0 heterocycles. The topological polar surface area (TPSA) is 104 Å². The van der Waals surface area contributed by atoms with Crippen LogP contribution in [0.2, 0.25) is 0 Å². The highest BCUT2D eigenvalue weighted by Gasteiger charge is 2.24. The summed E-state index contributed by atoms with van der Waals surface area (Å²) in [5.41, 5.74) is 0.410. The molecule has 7 nitrogen and oxygen atoms in total. The molecule has 1 amide bonds. The summed E-state index contributed by atoms with van der Waals surface area (Å²) in [5.74, 6) is -2.32. The predicted octanol–water partition coefficient (Wildman–Crippen LogP) is 3.84. The van der Waals surface area contributed by atoms with E-state index in [1.54, 1.807) is 25.1 Å². The second-order valence-corrected chi connectivity index (χ2v) is 9.08. The summed E-state index contributed by atoms with van der Waals surface area (Å²) in [5, 5.41) is 12.2. The number of sulfonamides is 1. The number of carbonyl (C=O) groups excluding carboxylic acids is 1. The summed E-state index contributed by atoms with van der Waals surface area (Å²) in [6.45, 7) is 1.69. The maximum atomic E-state index is 13.1. The number of halogens is 1. The van der Waals surface area contributed by atoms with E-state index in [1.165, 1.54) is 61.6 Å². The Hall–Kier alpha value is -3.72. The second kappa shape index (κ2) is 9.19. The Kier molecular flexibility index (Phi) is 6.59.